The Bertz CT molecular complexity index is 842. The SMILES string of the molecule is Nc1ncc(Cl)cc1S(=O)(=O)NCc1ccc2c(c1)OCCN2. The van der Waals surface area contributed by atoms with Gasteiger partial charge in [-0.15, -0.1) is 0 Å². The molecule has 2 aromatic rings. The van der Waals surface area contributed by atoms with E-state index in [1.807, 2.05) is 12.1 Å². The van der Waals surface area contributed by atoms with Crippen LogP contribution in [0.15, 0.2) is 35.4 Å². The molecule has 0 atom stereocenters. The fourth-order valence-electron chi connectivity index (χ4n) is 2.19. The Morgan fingerprint density at radius 1 is 1.39 bits per heavy atom. The molecule has 3 rings (SSSR count). The third-order valence-electron chi connectivity index (χ3n) is 3.33. The predicted molar refractivity (Wildman–Crippen MR) is 88.1 cm³/mol. The van der Waals surface area contributed by atoms with Gasteiger partial charge in [0.1, 0.15) is 23.1 Å². The number of pyridine rings is 1. The van der Waals surface area contributed by atoms with Gasteiger partial charge in [-0.05, 0) is 23.8 Å². The van der Waals surface area contributed by atoms with Crippen molar-refractivity contribution in [3.63, 3.8) is 0 Å². The molecule has 0 unspecified atom stereocenters. The molecule has 1 aromatic carbocycles. The summed E-state index contributed by atoms with van der Waals surface area (Å²) in [5.74, 6) is 0.608. The van der Waals surface area contributed by atoms with Crippen molar-refractivity contribution in [2.45, 2.75) is 11.4 Å². The Balaban J connectivity index is 1.78. The second-order valence-electron chi connectivity index (χ2n) is 4.97. The van der Waals surface area contributed by atoms with Crippen LogP contribution < -0.4 is 20.5 Å². The number of nitrogens with one attached hydrogen (secondary N) is 2. The Morgan fingerprint density at radius 3 is 3.04 bits per heavy atom. The number of anilines is 2. The third kappa shape index (κ3) is 3.49. The number of fused-ring (bicyclic) bond motifs is 1. The monoisotopic (exact) mass is 354 g/mol. The van der Waals surface area contributed by atoms with E-state index in [9.17, 15) is 8.42 Å². The largest absolute Gasteiger partial charge is 0.490 e. The van der Waals surface area contributed by atoms with E-state index >= 15 is 0 Å². The Hall–Kier alpha value is -2.03. The summed E-state index contributed by atoms with van der Waals surface area (Å²) >= 11 is 5.79. The smallest absolute Gasteiger partial charge is 0.244 e. The lowest BCUT2D eigenvalue weighted by Gasteiger charge is -2.19. The van der Waals surface area contributed by atoms with E-state index in [4.69, 9.17) is 22.1 Å². The maximum absolute atomic E-state index is 12.3. The second kappa shape index (κ2) is 6.23. The van der Waals surface area contributed by atoms with Crippen molar-refractivity contribution in [3.8, 4) is 5.75 Å². The lowest BCUT2D eigenvalue weighted by molar-refractivity contribution is 0.323. The molecule has 0 radical (unpaired) electrons. The van der Waals surface area contributed by atoms with E-state index < -0.39 is 10.0 Å². The minimum atomic E-state index is -3.81. The maximum Gasteiger partial charge on any atom is 0.244 e. The van der Waals surface area contributed by atoms with Gasteiger partial charge in [0.25, 0.3) is 0 Å². The summed E-state index contributed by atoms with van der Waals surface area (Å²) < 4.78 is 32.7. The summed E-state index contributed by atoms with van der Waals surface area (Å²) in [6, 6.07) is 6.74. The quantitative estimate of drug-likeness (QED) is 0.770. The highest BCUT2D eigenvalue weighted by Crippen LogP contribution is 2.28. The van der Waals surface area contributed by atoms with Crippen LogP contribution in [0, 0.1) is 0 Å². The fourth-order valence-corrected chi connectivity index (χ4v) is 3.54. The Kier molecular flexibility index (Phi) is 4.29. The lowest BCUT2D eigenvalue weighted by Crippen LogP contribution is -2.25. The minimum Gasteiger partial charge on any atom is -0.490 e. The van der Waals surface area contributed by atoms with Crippen LogP contribution in [0.5, 0.6) is 5.75 Å². The molecule has 1 aliphatic heterocycles. The van der Waals surface area contributed by atoms with Crippen molar-refractivity contribution in [2.24, 2.45) is 0 Å². The molecule has 1 aliphatic rings. The van der Waals surface area contributed by atoms with E-state index in [2.05, 4.69) is 15.0 Å². The highest BCUT2D eigenvalue weighted by Gasteiger charge is 2.19. The number of nitrogens with two attached hydrogens (primary N) is 1. The summed E-state index contributed by atoms with van der Waals surface area (Å²) in [6.45, 7) is 1.43. The number of nitrogens with zero attached hydrogens (tertiary/aromatic N) is 1. The molecule has 2 heterocycles. The van der Waals surface area contributed by atoms with Crippen LogP contribution >= 0.6 is 11.6 Å². The van der Waals surface area contributed by atoms with Gasteiger partial charge in [0, 0.05) is 19.3 Å². The lowest BCUT2D eigenvalue weighted by atomic mass is 10.2. The van der Waals surface area contributed by atoms with Crippen molar-refractivity contribution in [3.05, 3.63) is 41.0 Å². The standard InChI is InChI=1S/C14H15ClN4O3S/c15-10-6-13(14(16)18-8-10)23(20,21)19-7-9-1-2-11-12(5-9)22-4-3-17-11/h1-2,5-6,8,17,19H,3-4,7H2,(H2,16,18). The number of halogens is 1. The average Bonchev–Trinajstić information content (AvgIpc) is 2.55. The number of hydrogen-bond donors (Lipinski definition) is 3. The van der Waals surface area contributed by atoms with Gasteiger partial charge in [0.05, 0.1) is 10.7 Å². The molecule has 7 nitrogen and oxygen atoms in total. The van der Waals surface area contributed by atoms with Crippen molar-refractivity contribution in [1.29, 1.82) is 0 Å². The molecule has 9 heteroatoms. The van der Waals surface area contributed by atoms with Gasteiger partial charge >= 0.3 is 0 Å². The number of rotatable bonds is 4. The van der Waals surface area contributed by atoms with Crippen LogP contribution in [-0.4, -0.2) is 26.6 Å². The zero-order valence-corrected chi connectivity index (χ0v) is 13.6. The molecule has 23 heavy (non-hydrogen) atoms. The van der Waals surface area contributed by atoms with E-state index in [0.717, 1.165) is 17.8 Å². The molecule has 4 N–H and O–H groups in total. The molecule has 0 fully saturated rings. The van der Waals surface area contributed by atoms with Crippen LogP contribution in [-0.2, 0) is 16.6 Å². The number of nitrogen functional groups attached to an aromatic ring is 1. The predicted octanol–water partition coefficient (Wildman–Crippen LogP) is 1.60. The first-order chi connectivity index (χ1) is 11.0. The Morgan fingerprint density at radius 2 is 2.22 bits per heavy atom. The first-order valence-electron chi connectivity index (χ1n) is 6.86. The highest BCUT2D eigenvalue weighted by molar-refractivity contribution is 7.89. The van der Waals surface area contributed by atoms with Crippen molar-refractivity contribution >= 4 is 33.1 Å². The maximum atomic E-state index is 12.3. The number of sulfonamides is 1. The van der Waals surface area contributed by atoms with E-state index in [1.54, 1.807) is 6.07 Å². The normalized spacial score (nSPS) is 13.8. The van der Waals surface area contributed by atoms with Gasteiger partial charge in [0.15, 0.2) is 0 Å². The second-order valence-corrected chi connectivity index (χ2v) is 7.14. The van der Waals surface area contributed by atoms with E-state index in [1.165, 1.54) is 12.3 Å². The summed E-state index contributed by atoms with van der Waals surface area (Å²) in [6.07, 6.45) is 1.30. The summed E-state index contributed by atoms with van der Waals surface area (Å²) in [5, 5.41) is 3.40. The van der Waals surface area contributed by atoms with Crippen molar-refractivity contribution < 1.29 is 13.2 Å². The van der Waals surface area contributed by atoms with Gasteiger partial charge in [0.2, 0.25) is 10.0 Å². The topological polar surface area (TPSA) is 106 Å². The summed E-state index contributed by atoms with van der Waals surface area (Å²) in [7, 11) is -3.81. The van der Waals surface area contributed by atoms with Gasteiger partial charge in [-0.3, -0.25) is 0 Å². The molecule has 0 spiro atoms. The van der Waals surface area contributed by atoms with Gasteiger partial charge < -0.3 is 15.8 Å². The van der Waals surface area contributed by atoms with Crippen LogP contribution in [0.25, 0.3) is 0 Å². The molecule has 1 aromatic heterocycles. The Labute approximate surface area is 138 Å². The molecular formula is C14H15ClN4O3S. The van der Waals surface area contributed by atoms with E-state index in [-0.39, 0.29) is 22.3 Å². The molecule has 0 aliphatic carbocycles. The summed E-state index contributed by atoms with van der Waals surface area (Å²) in [4.78, 5) is 3.62. The number of ether oxygens (including phenoxy) is 1. The fraction of sp³-hybridized carbons (Fsp3) is 0.214. The van der Waals surface area contributed by atoms with Crippen LogP contribution in [0.3, 0.4) is 0 Å². The van der Waals surface area contributed by atoms with Gasteiger partial charge in [-0.1, -0.05) is 17.7 Å². The molecule has 0 saturated carbocycles. The molecule has 0 bridgehead atoms. The van der Waals surface area contributed by atoms with Crippen LogP contribution in [0.2, 0.25) is 5.02 Å². The van der Waals surface area contributed by atoms with Crippen LogP contribution in [0.4, 0.5) is 11.5 Å². The van der Waals surface area contributed by atoms with Crippen LogP contribution in [0.1, 0.15) is 5.56 Å². The van der Waals surface area contributed by atoms with Crippen molar-refractivity contribution in [2.75, 3.05) is 24.2 Å². The number of hydrogen-bond acceptors (Lipinski definition) is 6. The number of benzene rings is 1. The zero-order chi connectivity index (χ0) is 16.4. The zero-order valence-electron chi connectivity index (χ0n) is 12.0. The third-order valence-corrected chi connectivity index (χ3v) is 4.96. The highest BCUT2D eigenvalue weighted by atomic mass is 35.5. The van der Waals surface area contributed by atoms with Gasteiger partial charge in [-0.25, -0.2) is 18.1 Å². The summed E-state index contributed by atoms with van der Waals surface area (Å²) in [5.41, 5.74) is 7.28. The van der Waals surface area contributed by atoms with Gasteiger partial charge in [-0.2, -0.15) is 0 Å². The molecule has 0 saturated heterocycles. The molecule has 122 valence electrons. The van der Waals surface area contributed by atoms with Crippen molar-refractivity contribution in [1.82, 2.24) is 9.71 Å². The average molecular weight is 355 g/mol. The first kappa shape index (κ1) is 15.9. The number of aromatic nitrogens is 1. The molecule has 0 amide bonds. The first-order valence-corrected chi connectivity index (χ1v) is 8.72. The molecular weight excluding hydrogens is 340 g/mol. The minimum absolute atomic E-state index is 0.0973. The van der Waals surface area contributed by atoms with E-state index in [0.29, 0.717) is 12.4 Å².